The van der Waals surface area contributed by atoms with Gasteiger partial charge in [0, 0.05) is 18.1 Å². The van der Waals surface area contributed by atoms with Crippen molar-refractivity contribution >= 4 is 17.3 Å². The molecule has 0 aliphatic rings. The molecule has 0 saturated carbocycles. The molecule has 0 rings (SSSR count). The summed E-state index contributed by atoms with van der Waals surface area (Å²) in [7, 11) is 0. The number of hydrogen-bond donors (Lipinski definition) is 1. The average molecular weight is 239 g/mol. The Labute approximate surface area is 104 Å². The van der Waals surface area contributed by atoms with Crippen LogP contribution in [-0.4, -0.2) is 17.3 Å². The van der Waals surface area contributed by atoms with Crippen molar-refractivity contribution in [1.82, 2.24) is 0 Å². The molecule has 3 nitrogen and oxygen atoms in total. The minimum atomic E-state index is -0.369. The molecule has 0 aromatic rings. The fourth-order valence-electron chi connectivity index (χ4n) is 2.18. The highest BCUT2D eigenvalue weighted by atomic mass is 16.1. The Kier molecular flexibility index (Phi) is 6.93. The molecule has 0 amide bonds. The van der Waals surface area contributed by atoms with Crippen molar-refractivity contribution < 1.29 is 9.59 Å². The van der Waals surface area contributed by atoms with E-state index >= 15 is 0 Å². The molecule has 1 N–H and O–H groups in total. The van der Waals surface area contributed by atoms with Gasteiger partial charge in [0.2, 0.25) is 0 Å². The van der Waals surface area contributed by atoms with Gasteiger partial charge in [-0.2, -0.15) is 0 Å². The van der Waals surface area contributed by atoms with Crippen LogP contribution in [0.2, 0.25) is 0 Å². The van der Waals surface area contributed by atoms with Crippen molar-refractivity contribution in [2.24, 2.45) is 17.8 Å². The highest BCUT2D eigenvalue weighted by Crippen LogP contribution is 2.23. The molecule has 0 heterocycles. The van der Waals surface area contributed by atoms with E-state index < -0.39 is 0 Å². The Hall–Kier alpha value is -0.990. The first kappa shape index (κ1) is 16.0. The van der Waals surface area contributed by atoms with E-state index in [4.69, 9.17) is 5.41 Å². The lowest BCUT2D eigenvalue weighted by Gasteiger charge is -2.23. The SMILES string of the molecule is CCC(C(=O)C(CCC(C)=O)C(C)=N)C(C)C. The normalized spacial score (nSPS) is 14.5. The van der Waals surface area contributed by atoms with Crippen molar-refractivity contribution in [3.05, 3.63) is 0 Å². The number of nitrogens with one attached hydrogen (secondary N) is 1. The van der Waals surface area contributed by atoms with E-state index in [1.54, 1.807) is 6.92 Å². The largest absolute Gasteiger partial charge is 0.309 e. The van der Waals surface area contributed by atoms with E-state index in [0.29, 0.717) is 24.5 Å². The van der Waals surface area contributed by atoms with Gasteiger partial charge in [0.25, 0.3) is 0 Å². The topological polar surface area (TPSA) is 58.0 Å². The highest BCUT2D eigenvalue weighted by molar-refractivity contribution is 6.03. The maximum atomic E-state index is 12.3. The molecular formula is C14H25NO2. The minimum absolute atomic E-state index is 0.00672. The molecule has 2 unspecified atom stereocenters. The first-order valence-electron chi connectivity index (χ1n) is 6.39. The van der Waals surface area contributed by atoms with Crippen molar-refractivity contribution in [3.8, 4) is 0 Å². The highest BCUT2D eigenvalue weighted by Gasteiger charge is 2.29. The molecule has 0 bridgehead atoms. The monoisotopic (exact) mass is 239 g/mol. The van der Waals surface area contributed by atoms with Gasteiger partial charge in [-0.15, -0.1) is 0 Å². The molecule has 2 atom stereocenters. The molecule has 0 aliphatic carbocycles. The number of Topliss-reactive ketones (excluding diaryl/α,β-unsaturated/α-hetero) is 2. The second kappa shape index (κ2) is 7.36. The Bertz CT molecular complexity index is 295. The van der Waals surface area contributed by atoms with Crippen molar-refractivity contribution in [3.63, 3.8) is 0 Å². The van der Waals surface area contributed by atoms with Crippen molar-refractivity contribution in [2.45, 2.75) is 53.9 Å². The Morgan fingerprint density at radius 2 is 1.71 bits per heavy atom. The third-order valence-electron chi connectivity index (χ3n) is 3.26. The third kappa shape index (κ3) is 5.24. The van der Waals surface area contributed by atoms with Gasteiger partial charge in [0.05, 0.1) is 5.92 Å². The van der Waals surface area contributed by atoms with Crippen LogP contribution in [0, 0.1) is 23.2 Å². The zero-order valence-corrected chi connectivity index (χ0v) is 11.7. The molecule has 3 heteroatoms. The summed E-state index contributed by atoms with van der Waals surface area (Å²) in [5.41, 5.74) is 0.385. The van der Waals surface area contributed by atoms with Crippen LogP contribution in [0.1, 0.15) is 53.9 Å². The first-order valence-corrected chi connectivity index (χ1v) is 6.39. The fourth-order valence-corrected chi connectivity index (χ4v) is 2.18. The lowest BCUT2D eigenvalue weighted by molar-refractivity contribution is -0.126. The first-order chi connectivity index (χ1) is 7.81. The van der Waals surface area contributed by atoms with Gasteiger partial charge < -0.3 is 10.2 Å². The fraction of sp³-hybridized carbons (Fsp3) is 0.786. The molecule has 17 heavy (non-hydrogen) atoms. The van der Waals surface area contributed by atoms with Crippen molar-refractivity contribution in [1.29, 1.82) is 5.41 Å². The second-order valence-electron chi connectivity index (χ2n) is 5.14. The van der Waals surface area contributed by atoms with Crippen LogP contribution < -0.4 is 0 Å². The molecular weight excluding hydrogens is 214 g/mol. The minimum Gasteiger partial charge on any atom is -0.309 e. The Balaban J connectivity index is 4.74. The standard InChI is InChI=1S/C14H25NO2/c1-6-12(9(2)3)14(17)13(11(5)15)8-7-10(4)16/h9,12-13,15H,6-8H2,1-5H3. The number of rotatable bonds is 8. The number of ketones is 2. The van der Waals surface area contributed by atoms with Gasteiger partial charge >= 0.3 is 0 Å². The van der Waals surface area contributed by atoms with Gasteiger partial charge in [-0.05, 0) is 32.6 Å². The molecule has 98 valence electrons. The van der Waals surface area contributed by atoms with Gasteiger partial charge in [-0.1, -0.05) is 20.8 Å². The molecule has 0 aromatic carbocycles. The summed E-state index contributed by atoms with van der Waals surface area (Å²) in [5.74, 6) is 0.156. The van der Waals surface area contributed by atoms with E-state index in [2.05, 4.69) is 0 Å². The van der Waals surface area contributed by atoms with Crippen LogP contribution in [0.4, 0.5) is 0 Å². The number of carbonyl (C=O) groups is 2. The van der Waals surface area contributed by atoms with E-state index in [1.165, 1.54) is 6.92 Å². The smallest absolute Gasteiger partial charge is 0.144 e. The zero-order valence-electron chi connectivity index (χ0n) is 11.7. The van der Waals surface area contributed by atoms with Gasteiger partial charge in [-0.3, -0.25) is 4.79 Å². The molecule has 0 aromatic heterocycles. The van der Waals surface area contributed by atoms with Gasteiger partial charge in [0.1, 0.15) is 11.6 Å². The van der Waals surface area contributed by atoms with E-state index in [1.807, 2.05) is 20.8 Å². The predicted molar refractivity (Wildman–Crippen MR) is 70.4 cm³/mol. The summed E-state index contributed by atoms with van der Waals surface area (Å²) in [5, 5.41) is 7.70. The van der Waals surface area contributed by atoms with Crippen LogP contribution >= 0.6 is 0 Å². The number of hydrogen-bond acceptors (Lipinski definition) is 3. The van der Waals surface area contributed by atoms with Crippen LogP contribution in [0.25, 0.3) is 0 Å². The average Bonchev–Trinajstić information content (AvgIpc) is 2.17. The van der Waals surface area contributed by atoms with Gasteiger partial charge in [-0.25, -0.2) is 0 Å². The van der Waals surface area contributed by atoms with E-state index in [-0.39, 0.29) is 23.4 Å². The van der Waals surface area contributed by atoms with Crippen LogP contribution in [-0.2, 0) is 9.59 Å². The maximum Gasteiger partial charge on any atom is 0.144 e. The van der Waals surface area contributed by atoms with E-state index in [9.17, 15) is 9.59 Å². The second-order valence-corrected chi connectivity index (χ2v) is 5.14. The summed E-state index contributed by atoms with van der Waals surface area (Å²) in [4.78, 5) is 23.3. The van der Waals surface area contributed by atoms with E-state index in [0.717, 1.165) is 6.42 Å². The lowest BCUT2D eigenvalue weighted by Crippen LogP contribution is -2.31. The molecule has 0 aliphatic heterocycles. The summed E-state index contributed by atoms with van der Waals surface area (Å²) in [6.07, 6.45) is 1.69. The van der Waals surface area contributed by atoms with Crippen LogP contribution in [0.15, 0.2) is 0 Å². The third-order valence-corrected chi connectivity index (χ3v) is 3.26. The Morgan fingerprint density at radius 3 is 2.00 bits per heavy atom. The summed E-state index contributed by atoms with van der Waals surface area (Å²) in [6.45, 7) is 9.26. The Morgan fingerprint density at radius 1 is 1.18 bits per heavy atom. The summed E-state index contributed by atoms with van der Waals surface area (Å²) in [6, 6.07) is 0. The quantitative estimate of drug-likeness (QED) is 0.661. The molecule has 0 radical (unpaired) electrons. The molecule has 0 fully saturated rings. The molecule has 0 saturated heterocycles. The van der Waals surface area contributed by atoms with Crippen LogP contribution in [0.5, 0.6) is 0 Å². The maximum absolute atomic E-state index is 12.3. The summed E-state index contributed by atoms with van der Waals surface area (Å²) < 4.78 is 0. The lowest BCUT2D eigenvalue weighted by atomic mass is 9.79. The van der Waals surface area contributed by atoms with Crippen LogP contribution in [0.3, 0.4) is 0 Å². The number of carbonyl (C=O) groups excluding carboxylic acids is 2. The molecule has 0 spiro atoms. The predicted octanol–water partition coefficient (Wildman–Crippen LogP) is 3.26. The zero-order chi connectivity index (χ0) is 13.6. The summed E-state index contributed by atoms with van der Waals surface area (Å²) >= 11 is 0. The van der Waals surface area contributed by atoms with Crippen molar-refractivity contribution in [2.75, 3.05) is 0 Å². The van der Waals surface area contributed by atoms with Gasteiger partial charge in [0.15, 0.2) is 0 Å².